The van der Waals surface area contributed by atoms with Gasteiger partial charge in [0.25, 0.3) is 0 Å². The van der Waals surface area contributed by atoms with E-state index in [-0.39, 0.29) is 0 Å². The molecule has 3 aromatic rings. The van der Waals surface area contributed by atoms with Gasteiger partial charge in [0.15, 0.2) is 0 Å². The predicted octanol–water partition coefficient (Wildman–Crippen LogP) is 2.62. The Balaban J connectivity index is 2.25. The predicted molar refractivity (Wildman–Crippen MR) is 68.6 cm³/mol. The van der Waals surface area contributed by atoms with Crippen LogP contribution in [0.25, 0.3) is 16.8 Å². The van der Waals surface area contributed by atoms with Gasteiger partial charge in [0, 0.05) is 12.4 Å². The smallest absolute Gasteiger partial charge is 0.233 e. The zero-order chi connectivity index (χ0) is 11.8. The van der Waals surface area contributed by atoms with Gasteiger partial charge in [0.2, 0.25) is 5.78 Å². The summed E-state index contributed by atoms with van der Waals surface area (Å²) in [7, 11) is 0. The molecule has 0 amide bonds. The molecule has 4 nitrogen and oxygen atoms in total. The summed E-state index contributed by atoms with van der Waals surface area (Å²) in [6.45, 7) is 2.81. The van der Waals surface area contributed by atoms with E-state index in [9.17, 15) is 0 Å². The molecular formula is C12H13ClN4. The number of aryl methyl sites for hydroxylation is 2. The molecule has 0 aliphatic carbocycles. The third-order valence-corrected chi connectivity index (χ3v) is 3.13. The van der Waals surface area contributed by atoms with Gasteiger partial charge in [-0.15, -0.1) is 11.6 Å². The van der Waals surface area contributed by atoms with Crippen molar-refractivity contribution < 1.29 is 0 Å². The summed E-state index contributed by atoms with van der Waals surface area (Å²) >= 11 is 5.72. The van der Waals surface area contributed by atoms with Crippen LogP contribution in [-0.2, 0) is 6.54 Å². The van der Waals surface area contributed by atoms with Gasteiger partial charge in [-0.1, -0.05) is 12.1 Å². The summed E-state index contributed by atoms with van der Waals surface area (Å²) < 4.78 is 4.02. The van der Waals surface area contributed by atoms with Gasteiger partial charge >= 0.3 is 0 Å². The van der Waals surface area contributed by atoms with Crippen molar-refractivity contribution in [2.45, 2.75) is 19.9 Å². The number of hydrogen-bond acceptors (Lipinski definition) is 2. The van der Waals surface area contributed by atoms with Crippen molar-refractivity contribution in [2.75, 3.05) is 5.88 Å². The third kappa shape index (κ3) is 1.60. The number of imidazole rings is 1. The highest BCUT2D eigenvalue weighted by molar-refractivity contribution is 6.17. The maximum Gasteiger partial charge on any atom is 0.233 e. The number of aromatic nitrogens is 4. The first kappa shape index (κ1) is 10.6. The first-order chi connectivity index (χ1) is 8.31. The molecule has 0 N–H and O–H groups in total. The molecule has 0 fully saturated rings. The molecule has 0 saturated carbocycles. The molecule has 0 bridgehead atoms. The normalized spacial score (nSPS) is 11.6. The van der Waals surface area contributed by atoms with E-state index in [1.54, 1.807) is 0 Å². The van der Waals surface area contributed by atoms with Crippen molar-refractivity contribution in [3.8, 4) is 0 Å². The molecule has 2 heterocycles. The largest absolute Gasteiger partial charge is 0.263 e. The Labute approximate surface area is 104 Å². The van der Waals surface area contributed by atoms with Crippen molar-refractivity contribution in [1.29, 1.82) is 0 Å². The molecule has 0 aliphatic heterocycles. The number of alkyl halides is 1. The average molecular weight is 249 g/mol. The molecule has 5 heteroatoms. The Morgan fingerprint density at radius 1 is 1.29 bits per heavy atom. The van der Waals surface area contributed by atoms with Gasteiger partial charge in [-0.3, -0.25) is 4.40 Å². The van der Waals surface area contributed by atoms with Crippen LogP contribution < -0.4 is 0 Å². The molecule has 2 aromatic heterocycles. The molecule has 88 valence electrons. The lowest BCUT2D eigenvalue weighted by molar-refractivity contribution is 0.615. The van der Waals surface area contributed by atoms with Crippen molar-refractivity contribution in [3.63, 3.8) is 0 Å². The van der Waals surface area contributed by atoms with Crippen molar-refractivity contribution in [2.24, 2.45) is 0 Å². The lowest BCUT2D eigenvalue weighted by Gasteiger charge is -1.96. The number of rotatable bonds is 3. The Morgan fingerprint density at radius 3 is 2.94 bits per heavy atom. The monoisotopic (exact) mass is 248 g/mol. The van der Waals surface area contributed by atoms with Crippen LogP contribution in [0.5, 0.6) is 0 Å². The second kappa shape index (κ2) is 4.04. The first-order valence-electron chi connectivity index (χ1n) is 5.68. The minimum Gasteiger partial charge on any atom is -0.263 e. The fourth-order valence-electron chi connectivity index (χ4n) is 2.13. The van der Waals surface area contributed by atoms with Gasteiger partial charge in [-0.25, -0.2) is 9.67 Å². The zero-order valence-corrected chi connectivity index (χ0v) is 10.4. The maximum absolute atomic E-state index is 5.72. The van der Waals surface area contributed by atoms with Gasteiger partial charge in [-0.2, -0.15) is 5.10 Å². The third-order valence-electron chi connectivity index (χ3n) is 2.87. The topological polar surface area (TPSA) is 35.1 Å². The minimum absolute atomic E-state index is 0.644. The molecule has 17 heavy (non-hydrogen) atoms. The van der Waals surface area contributed by atoms with E-state index in [1.807, 2.05) is 29.8 Å². The Kier molecular flexibility index (Phi) is 2.52. The number of hydrogen-bond donors (Lipinski definition) is 0. The second-order valence-corrected chi connectivity index (χ2v) is 4.43. The van der Waals surface area contributed by atoms with Crippen LogP contribution in [-0.4, -0.2) is 25.0 Å². The van der Waals surface area contributed by atoms with E-state index in [0.717, 1.165) is 35.6 Å². The van der Waals surface area contributed by atoms with Crippen LogP contribution in [0.3, 0.4) is 0 Å². The fraction of sp³-hybridized carbons (Fsp3) is 0.333. The fourth-order valence-corrected chi connectivity index (χ4v) is 2.25. The highest BCUT2D eigenvalue weighted by Crippen LogP contribution is 2.18. The summed E-state index contributed by atoms with van der Waals surface area (Å²) in [5.41, 5.74) is 2.12. The van der Waals surface area contributed by atoms with Crippen LogP contribution in [0.4, 0.5) is 0 Å². The second-order valence-electron chi connectivity index (χ2n) is 4.05. The summed E-state index contributed by atoms with van der Waals surface area (Å²) in [5.74, 6) is 2.50. The molecule has 0 unspecified atom stereocenters. The van der Waals surface area contributed by atoms with Crippen molar-refractivity contribution >= 4 is 28.4 Å². The van der Waals surface area contributed by atoms with Gasteiger partial charge in [0.1, 0.15) is 5.82 Å². The molecule has 0 aliphatic rings. The Hall–Kier alpha value is -1.55. The Bertz CT molecular complexity index is 668. The number of para-hydroxylation sites is 2. The number of benzene rings is 1. The maximum atomic E-state index is 5.72. The van der Waals surface area contributed by atoms with Gasteiger partial charge in [-0.05, 0) is 25.5 Å². The molecule has 0 radical (unpaired) electrons. The Morgan fingerprint density at radius 2 is 2.12 bits per heavy atom. The van der Waals surface area contributed by atoms with Crippen LogP contribution >= 0.6 is 11.6 Å². The lowest BCUT2D eigenvalue weighted by Crippen LogP contribution is -2.01. The van der Waals surface area contributed by atoms with Crippen LogP contribution in [0, 0.1) is 6.92 Å². The van der Waals surface area contributed by atoms with Gasteiger partial charge < -0.3 is 0 Å². The average Bonchev–Trinajstić information content (AvgIpc) is 2.85. The van der Waals surface area contributed by atoms with E-state index in [2.05, 4.69) is 20.5 Å². The number of halogens is 1. The van der Waals surface area contributed by atoms with E-state index in [1.165, 1.54) is 0 Å². The highest BCUT2D eigenvalue weighted by Gasteiger charge is 2.12. The molecule has 3 rings (SSSR count). The van der Waals surface area contributed by atoms with E-state index >= 15 is 0 Å². The number of nitrogens with zero attached hydrogens (tertiary/aromatic N) is 4. The molecule has 0 atom stereocenters. The lowest BCUT2D eigenvalue weighted by atomic mass is 10.3. The number of fused-ring (bicyclic) bond motifs is 3. The van der Waals surface area contributed by atoms with Crippen LogP contribution in [0.1, 0.15) is 12.2 Å². The molecule has 0 spiro atoms. The van der Waals surface area contributed by atoms with Crippen LogP contribution in [0.15, 0.2) is 24.3 Å². The molecule has 0 saturated heterocycles. The van der Waals surface area contributed by atoms with Gasteiger partial charge in [0.05, 0.1) is 11.0 Å². The van der Waals surface area contributed by atoms with Crippen molar-refractivity contribution in [3.05, 3.63) is 30.1 Å². The SMILES string of the molecule is Cc1nn(CCCCl)c2nc3ccccc3n12. The summed E-state index contributed by atoms with van der Waals surface area (Å²) in [6.07, 6.45) is 0.904. The summed E-state index contributed by atoms with van der Waals surface area (Å²) in [6, 6.07) is 8.11. The van der Waals surface area contributed by atoms with E-state index in [0.29, 0.717) is 5.88 Å². The first-order valence-corrected chi connectivity index (χ1v) is 6.21. The van der Waals surface area contributed by atoms with E-state index < -0.39 is 0 Å². The van der Waals surface area contributed by atoms with Crippen LogP contribution in [0.2, 0.25) is 0 Å². The molecular weight excluding hydrogens is 236 g/mol. The molecule has 1 aromatic carbocycles. The summed E-state index contributed by atoms with van der Waals surface area (Å²) in [4.78, 5) is 4.61. The quantitative estimate of drug-likeness (QED) is 0.668. The minimum atomic E-state index is 0.644. The van der Waals surface area contributed by atoms with Crippen molar-refractivity contribution in [1.82, 2.24) is 19.2 Å². The summed E-state index contributed by atoms with van der Waals surface area (Å²) in [5, 5.41) is 4.50. The van der Waals surface area contributed by atoms with E-state index in [4.69, 9.17) is 11.6 Å². The standard InChI is InChI=1S/C12H13ClN4/c1-9-15-16(8-4-7-13)12-14-10-5-2-3-6-11(10)17(9)12/h2-3,5-6H,4,7-8H2,1H3. The zero-order valence-electron chi connectivity index (χ0n) is 9.60. The highest BCUT2D eigenvalue weighted by atomic mass is 35.5.